The number of aromatic nitrogens is 2. The van der Waals surface area contributed by atoms with Gasteiger partial charge in [0.05, 0.1) is 13.2 Å². The summed E-state index contributed by atoms with van der Waals surface area (Å²) in [4.78, 5) is 12.3. The third-order valence-corrected chi connectivity index (χ3v) is 6.13. The highest BCUT2D eigenvalue weighted by Crippen LogP contribution is 2.25. The van der Waals surface area contributed by atoms with E-state index in [2.05, 4.69) is 44.4 Å². The molecule has 6 nitrogen and oxygen atoms in total. The van der Waals surface area contributed by atoms with Gasteiger partial charge in [-0.05, 0) is 45.8 Å². The largest absolute Gasteiger partial charge is 0.383 e. The molecule has 0 amide bonds. The van der Waals surface area contributed by atoms with Crippen LogP contribution in [-0.2, 0) is 17.8 Å². The van der Waals surface area contributed by atoms with Crippen LogP contribution in [-0.4, -0.2) is 90.3 Å². The number of likely N-dealkylation sites (N-methyl/N-ethyl adjacent to an activating group) is 1. The molecule has 0 N–H and O–H groups in total. The Hall–Kier alpha value is -0.950. The maximum absolute atomic E-state index is 5.19. The van der Waals surface area contributed by atoms with Gasteiger partial charge < -0.3 is 14.2 Å². The van der Waals surface area contributed by atoms with Gasteiger partial charge >= 0.3 is 0 Å². The highest BCUT2D eigenvalue weighted by atomic mass is 16.5. The zero-order valence-electron chi connectivity index (χ0n) is 16.2. The van der Waals surface area contributed by atoms with E-state index in [0.29, 0.717) is 0 Å². The molecule has 25 heavy (non-hydrogen) atoms. The molecule has 2 aliphatic heterocycles. The molecule has 0 spiro atoms. The maximum atomic E-state index is 5.19. The Kier molecular flexibility index (Phi) is 6.87. The molecular formula is C19H35N5O. The first-order valence-electron chi connectivity index (χ1n) is 9.81. The lowest BCUT2D eigenvalue weighted by Crippen LogP contribution is -2.51. The molecule has 0 radical (unpaired) electrons. The average Bonchev–Trinajstić information content (AvgIpc) is 3.07. The Balaban J connectivity index is 1.45. The summed E-state index contributed by atoms with van der Waals surface area (Å²) in [7, 11) is 3.99. The van der Waals surface area contributed by atoms with Gasteiger partial charge in [-0.2, -0.15) is 0 Å². The monoisotopic (exact) mass is 349 g/mol. The molecule has 6 heteroatoms. The average molecular weight is 350 g/mol. The van der Waals surface area contributed by atoms with E-state index in [9.17, 15) is 0 Å². The second kappa shape index (κ2) is 9.12. The summed E-state index contributed by atoms with van der Waals surface area (Å²) < 4.78 is 7.42. The molecule has 1 aromatic heterocycles. The van der Waals surface area contributed by atoms with Crippen molar-refractivity contribution in [2.75, 3.05) is 60.0 Å². The molecule has 2 fully saturated rings. The maximum Gasteiger partial charge on any atom is 0.122 e. The van der Waals surface area contributed by atoms with Crippen molar-refractivity contribution in [3.63, 3.8) is 0 Å². The molecule has 0 aliphatic carbocycles. The van der Waals surface area contributed by atoms with Crippen LogP contribution in [0.3, 0.4) is 0 Å². The van der Waals surface area contributed by atoms with Crippen LogP contribution in [0, 0.1) is 5.92 Å². The number of hydrogen-bond acceptors (Lipinski definition) is 5. The zero-order valence-corrected chi connectivity index (χ0v) is 16.2. The van der Waals surface area contributed by atoms with Gasteiger partial charge in [0.15, 0.2) is 0 Å². The summed E-state index contributed by atoms with van der Waals surface area (Å²) >= 11 is 0. The number of nitrogens with zero attached hydrogens (tertiary/aromatic N) is 5. The van der Waals surface area contributed by atoms with Gasteiger partial charge in [0.1, 0.15) is 5.82 Å². The number of piperazine rings is 1. The van der Waals surface area contributed by atoms with Crippen molar-refractivity contribution in [2.24, 2.45) is 5.92 Å². The summed E-state index contributed by atoms with van der Waals surface area (Å²) in [5.41, 5.74) is 0. The molecule has 142 valence electrons. The fourth-order valence-electron chi connectivity index (χ4n) is 4.21. The number of rotatable bonds is 7. The van der Waals surface area contributed by atoms with E-state index in [1.165, 1.54) is 57.9 Å². The van der Waals surface area contributed by atoms with Crippen LogP contribution in [0.25, 0.3) is 0 Å². The van der Waals surface area contributed by atoms with Crippen LogP contribution < -0.4 is 0 Å². The minimum atomic E-state index is 0.722. The number of methoxy groups -OCH3 is 1. The van der Waals surface area contributed by atoms with Gasteiger partial charge in [-0.3, -0.25) is 9.80 Å². The molecule has 2 saturated heterocycles. The predicted molar refractivity (Wildman–Crippen MR) is 101 cm³/mol. The molecule has 2 aliphatic rings. The zero-order chi connectivity index (χ0) is 17.6. The first-order chi connectivity index (χ1) is 12.2. The van der Waals surface area contributed by atoms with E-state index in [0.717, 1.165) is 31.7 Å². The third kappa shape index (κ3) is 5.03. The Morgan fingerprint density at radius 2 is 1.88 bits per heavy atom. The van der Waals surface area contributed by atoms with E-state index in [1.807, 2.05) is 6.20 Å². The quantitative estimate of drug-likeness (QED) is 0.743. The second-order valence-corrected chi connectivity index (χ2v) is 7.72. The molecule has 0 aromatic carbocycles. The van der Waals surface area contributed by atoms with Gasteiger partial charge in [0.25, 0.3) is 0 Å². The first kappa shape index (κ1) is 18.8. The lowest BCUT2D eigenvalue weighted by atomic mass is 9.89. The van der Waals surface area contributed by atoms with E-state index in [4.69, 9.17) is 4.74 Å². The fraction of sp³-hybridized carbons (Fsp3) is 0.842. The summed E-state index contributed by atoms with van der Waals surface area (Å²) in [5.74, 6) is 2.01. The van der Waals surface area contributed by atoms with Gasteiger partial charge in [-0.15, -0.1) is 0 Å². The van der Waals surface area contributed by atoms with Crippen LogP contribution in [0.1, 0.15) is 25.6 Å². The highest BCUT2D eigenvalue weighted by Gasteiger charge is 2.29. The third-order valence-electron chi connectivity index (χ3n) is 6.13. The van der Waals surface area contributed by atoms with Crippen molar-refractivity contribution >= 4 is 0 Å². The molecule has 1 aromatic rings. The normalized spacial score (nSPS) is 23.2. The molecule has 1 unspecified atom stereocenters. The predicted octanol–water partition coefficient (Wildman–Crippen LogP) is 1.38. The van der Waals surface area contributed by atoms with Crippen molar-refractivity contribution in [2.45, 2.75) is 38.9 Å². The number of ether oxygens (including phenoxy) is 1. The first-order valence-corrected chi connectivity index (χ1v) is 9.81. The van der Waals surface area contributed by atoms with Crippen LogP contribution in [0.5, 0.6) is 0 Å². The van der Waals surface area contributed by atoms with Crippen LogP contribution >= 0.6 is 0 Å². The Bertz CT molecular complexity index is 504. The van der Waals surface area contributed by atoms with E-state index >= 15 is 0 Å². The highest BCUT2D eigenvalue weighted by molar-refractivity contribution is 4.94. The Morgan fingerprint density at radius 3 is 2.56 bits per heavy atom. The second-order valence-electron chi connectivity index (χ2n) is 7.72. The minimum Gasteiger partial charge on any atom is -0.383 e. The topological polar surface area (TPSA) is 36.8 Å². The van der Waals surface area contributed by atoms with Gasteiger partial charge in [0, 0.05) is 58.3 Å². The van der Waals surface area contributed by atoms with E-state index in [-0.39, 0.29) is 0 Å². The summed E-state index contributed by atoms with van der Waals surface area (Å²) in [6.45, 7) is 12.3. The number of piperidine rings is 1. The Labute approximate surface area is 152 Å². The van der Waals surface area contributed by atoms with Crippen LogP contribution in [0.15, 0.2) is 12.4 Å². The van der Waals surface area contributed by atoms with Crippen molar-refractivity contribution in [3.8, 4) is 0 Å². The summed E-state index contributed by atoms with van der Waals surface area (Å²) in [5, 5.41) is 0. The molecule has 3 rings (SSSR count). The van der Waals surface area contributed by atoms with E-state index < -0.39 is 0 Å². The lowest BCUT2D eigenvalue weighted by Gasteiger charge is -2.42. The minimum absolute atomic E-state index is 0.722. The standard InChI is InChI=1S/C19H35N5O/c1-17(23-12-10-21(2)11-13-23)18-4-7-22(8-5-18)16-19-20-6-9-24(19)14-15-25-3/h6,9,17-18H,4-5,7-8,10-16H2,1-3H3. The van der Waals surface area contributed by atoms with Gasteiger partial charge in [-0.25, -0.2) is 4.98 Å². The fourth-order valence-corrected chi connectivity index (χ4v) is 4.21. The smallest absolute Gasteiger partial charge is 0.122 e. The lowest BCUT2D eigenvalue weighted by molar-refractivity contribution is 0.0590. The van der Waals surface area contributed by atoms with Gasteiger partial charge in [-0.1, -0.05) is 0 Å². The molecule has 1 atom stereocenters. The molecule has 0 saturated carbocycles. The van der Waals surface area contributed by atoms with Crippen molar-refractivity contribution in [1.82, 2.24) is 24.3 Å². The molecule has 0 bridgehead atoms. The van der Waals surface area contributed by atoms with Crippen molar-refractivity contribution in [3.05, 3.63) is 18.2 Å². The van der Waals surface area contributed by atoms with E-state index in [1.54, 1.807) is 7.11 Å². The van der Waals surface area contributed by atoms with Crippen molar-refractivity contribution in [1.29, 1.82) is 0 Å². The summed E-state index contributed by atoms with van der Waals surface area (Å²) in [6, 6.07) is 0.722. The SMILES string of the molecule is COCCn1ccnc1CN1CCC(C(C)N2CCN(C)CC2)CC1. The van der Waals surface area contributed by atoms with Crippen LogP contribution in [0.2, 0.25) is 0 Å². The van der Waals surface area contributed by atoms with Crippen LogP contribution in [0.4, 0.5) is 0 Å². The molecular weight excluding hydrogens is 314 g/mol. The van der Waals surface area contributed by atoms with Gasteiger partial charge in [0.2, 0.25) is 0 Å². The van der Waals surface area contributed by atoms with Crippen molar-refractivity contribution < 1.29 is 4.74 Å². The number of hydrogen-bond donors (Lipinski definition) is 0. The number of imidazole rings is 1. The molecule has 3 heterocycles. The Morgan fingerprint density at radius 1 is 1.16 bits per heavy atom. The number of likely N-dealkylation sites (tertiary alicyclic amines) is 1. The summed E-state index contributed by atoms with van der Waals surface area (Å²) in [6.07, 6.45) is 6.60.